The molecular weight excluding hydrogens is 274 g/mol. The van der Waals surface area contributed by atoms with E-state index in [-0.39, 0.29) is 12.5 Å². The van der Waals surface area contributed by atoms with Crippen molar-refractivity contribution >= 4 is 5.97 Å². The van der Waals surface area contributed by atoms with E-state index in [9.17, 15) is 4.79 Å². The van der Waals surface area contributed by atoms with Gasteiger partial charge in [-0.15, -0.1) is 0 Å². The molecule has 0 bridgehead atoms. The highest BCUT2D eigenvalue weighted by atomic mass is 16.5. The van der Waals surface area contributed by atoms with Crippen LogP contribution >= 0.6 is 0 Å². The van der Waals surface area contributed by atoms with Crippen LogP contribution in [0.1, 0.15) is 24.8 Å². The maximum absolute atomic E-state index is 11.1. The maximum atomic E-state index is 11.1. The van der Waals surface area contributed by atoms with Gasteiger partial charge in [0.2, 0.25) is 0 Å². The Balaban J connectivity index is 3.17. The molecule has 1 aromatic rings. The second-order valence-corrected chi connectivity index (χ2v) is 4.86. The van der Waals surface area contributed by atoms with Gasteiger partial charge in [0.1, 0.15) is 5.75 Å². The van der Waals surface area contributed by atoms with Crippen LogP contribution in [0.25, 0.3) is 0 Å². The molecule has 1 aromatic carbocycles. The van der Waals surface area contributed by atoms with Gasteiger partial charge in [-0.05, 0) is 18.4 Å². The fraction of sp³-hybridized carbons (Fsp3) is 0.533. The zero-order valence-electron chi connectivity index (χ0n) is 12.9. The van der Waals surface area contributed by atoms with Crippen molar-refractivity contribution < 1.29 is 24.1 Å². The first-order valence-electron chi connectivity index (χ1n) is 6.71. The Morgan fingerprint density at radius 3 is 2.33 bits per heavy atom. The van der Waals surface area contributed by atoms with Crippen LogP contribution in [-0.2, 0) is 4.79 Å². The summed E-state index contributed by atoms with van der Waals surface area (Å²) in [5.74, 6) is 0.230. The average molecular weight is 297 g/mol. The average Bonchev–Trinajstić information content (AvgIpc) is 2.50. The van der Waals surface area contributed by atoms with Crippen molar-refractivity contribution in [2.75, 3.05) is 27.9 Å². The number of rotatable bonds is 8. The van der Waals surface area contributed by atoms with Gasteiger partial charge in [0.05, 0.1) is 27.2 Å². The number of ether oxygens (including phenoxy) is 3. The monoisotopic (exact) mass is 297 g/mol. The summed E-state index contributed by atoms with van der Waals surface area (Å²) in [5.41, 5.74) is 6.36. The number of benzene rings is 1. The molecule has 118 valence electrons. The predicted molar refractivity (Wildman–Crippen MR) is 79.3 cm³/mol. The lowest BCUT2D eigenvalue weighted by molar-refractivity contribution is -0.141. The molecule has 0 amide bonds. The molecule has 6 heteroatoms. The first-order valence-corrected chi connectivity index (χ1v) is 6.71. The molecule has 0 aromatic heterocycles. The Morgan fingerprint density at radius 1 is 1.24 bits per heavy atom. The summed E-state index contributed by atoms with van der Waals surface area (Å²) < 4.78 is 16.0. The molecule has 0 aliphatic carbocycles. The second kappa shape index (κ2) is 7.73. The topological polar surface area (TPSA) is 91.0 Å². The normalized spacial score (nSPS) is 13.4. The first-order chi connectivity index (χ1) is 9.98. The smallest absolute Gasteiger partial charge is 0.307 e. The van der Waals surface area contributed by atoms with Crippen molar-refractivity contribution in [3.63, 3.8) is 0 Å². The van der Waals surface area contributed by atoms with E-state index in [1.54, 1.807) is 27.4 Å². The Kier molecular flexibility index (Phi) is 6.30. The molecule has 6 nitrogen and oxygen atoms in total. The molecule has 2 atom stereocenters. The van der Waals surface area contributed by atoms with Crippen molar-refractivity contribution in [3.8, 4) is 17.2 Å². The predicted octanol–water partition coefficient (Wildman–Crippen LogP) is 1.87. The zero-order valence-corrected chi connectivity index (χ0v) is 12.9. The zero-order chi connectivity index (χ0) is 16.0. The molecule has 0 heterocycles. The number of hydrogen-bond acceptors (Lipinski definition) is 5. The minimum Gasteiger partial charge on any atom is -0.497 e. The van der Waals surface area contributed by atoms with Crippen LogP contribution in [0, 0.1) is 5.92 Å². The fourth-order valence-corrected chi connectivity index (χ4v) is 2.30. The van der Waals surface area contributed by atoms with Crippen molar-refractivity contribution in [1.82, 2.24) is 0 Å². The van der Waals surface area contributed by atoms with Crippen molar-refractivity contribution in [2.24, 2.45) is 11.7 Å². The summed E-state index contributed by atoms with van der Waals surface area (Å²) in [7, 11) is 4.67. The van der Waals surface area contributed by atoms with Crippen molar-refractivity contribution in [1.29, 1.82) is 0 Å². The molecule has 0 radical (unpaired) electrons. The van der Waals surface area contributed by atoms with Crippen LogP contribution in [0.5, 0.6) is 17.2 Å². The van der Waals surface area contributed by atoms with Crippen molar-refractivity contribution in [3.05, 3.63) is 17.7 Å². The van der Waals surface area contributed by atoms with Crippen LogP contribution in [0.15, 0.2) is 12.1 Å². The molecule has 0 aliphatic rings. The SMILES string of the molecule is COc1cc(OC)c(OC)c(C(C)CC(CN)C(=O)O)c1. The number of carbonyl (C=O) groups is 1. The number of carboxylic acid groups (broad SMARTS) is 1. The Bertz CT molecular complexity index is 489. The number of nitrogens with two attached hydrogens (primary N) is 1. The molecule has 21 heavy (non-hydrogen) atoms. The number of hydrogen-bond donors (Lipinski definition) is 2. The van der Waals surface area contributed by atoms with Crippen LogP contribution in [-0.4, -0.2) is 38.9 Å². The first kappa shape index (κ1) is 17.1. The number of carboxylic acids is 1. The molecule has 3 N–H and O–H groups in total. The van der Waals surface area contributed by atoms with E-state index in [0.29, 0.717) is 23.7 Å². The van der Waals surface area contributed by atoms with E-state index >= 15 is 0 Å². The summed E-state index contributed by atoms with van der Waals surface area (Å²) >= 11 is 0. The van der Waals surface area contributed by atoms with Crippen LogP contribution < -0.4 is 19.9 Å². The summed E-state index contributed by atoms with van der Waals surface area (Å²) in [6, 6.07) is 3.56. The molecule has 0 spiro atoms. The summed E-state index contributed by atoms with van der Waals surface area (Å²) in [6.45, 7) is 2.03. The highest BCUT2D eigenvalue weighted by molar-refractivity contribution is 5.70. The van der Waals surface area contributed by atoms with Gasteiger partial charge in [0.15, 0.2) is 11.5 Å². The lowest BCUT2D eigenvalue weighted by atomic mass is 9.89. The Labute approximate surface area is 124 Å². The van der Waals surface area contributed by atoms with Crippen LogP contribution in [0.3, 0.4) is 0 Å². The minimum absolute atomic E-state index is 0.0615. The lowest BCUT2D eigenvalue weighted by Crippen LogP contribution is -2.24. The summed E-state index contributed by atoms with van der Waals surface area (Å²) in [4.78, 5) is 11.1. The van der Waals surface area contributed by atoms with Crippen LogP contribution in [0.2, 0.25) is 0 Å². The van der Waals surface area contributed by atoms with Gasteiger partial charge in [-0.3, -0.25) is 4.79 Å². The van der Waals surface area contributed by atoms with E-state index in [1.165, 1.54) is 0 Å². The molecule has 2 unspecified atom stereocenters. The Morgan fingerprint density at radius 2 is 1.90 bits per heavy atom. The molecule has 0 fully saturated rings. The van der Waals surface area contributed by atoms with E-state index in [4.69, 9.17) is 25.1 Å². The van der Waals surface area contributed by atoms with Gasteiger partial charge in [-0.2, -0.15) is 0 Å². The summed E-state index contributed by atoms with van der Waals surface area (Å²) in [5, 5.41) is 9.14. The number of methoxy groups -OCH3 is 3. The van der Waals surface area contributed by atoms with Gasteiger partial charge in [0, 0.05) is 18.2 Å². The maximum Gasteiger partial charge on any atom is 0.307 e. The highest BCUT2D eigenvalue weighted by Gasteiger charge is 2.24. The third-order valence-corrected chi connectivity index (χ3v) is 3.52. The van der Waals surface area contributed by atoms with Crippen LogP contribution in [0.4, 0.5) is 0 Å². The quantitative estimate of drug-likeness (QED) is 0.761. The number of aliphatic carboxylic acids is 1. The van der Waals surface area contributed by atoms with E-state index in [2.05, 4.69) is 0 Å². The van der Waals surface area contributed by atoms with Gasteiger partial charge in [-0.1, -0.05) is 6.92 Å². The minimum atomic E-state index is -0.891. The molecule has 0 aliphatic heterocycles. The molecular formula is C15H23NO5. The van der Waals surface area contributed by atoms with E-state index in [0.717, 1.165) is 5.56 Å². The standard InChI is InChI=1S/C15H23NO5/c1-9(5-10(8-16)15(17)18)12-6-11(19-2)7-13(20-3)14(12)21-4/h6-7,9-10H,5,8,16H2,1-4H3,(H,17,18). The lowest BCUT2D eigenvalue weighted by Gasteiger charge is -2.21. The molecule has 0 saturated carbocycles. The van der Waals surface area contributed by atoms with Gasteiger partial charge in [-0.25, -0.2) is 0 Å². The second-order valence-electron chi connectivity index (χ2n) is 4.86. The van der Waals surface area contributed by atoms with E-state index < -0.39 is 11.9 Å². The summed E-state index contributed by atoms with van der Waals surface area (Å²) in [6.07, 6.45) is 0.415. The Hall–Kier alpha value is -1.95. The largest absolute Gasteiger partial charge is 0.497 e. The molecule has 1 rings (SSSR count). The molecule has 0 saturated heterocycles. The van der Waals surface area contributed by atoms with Gasteiger partial charge >= 0.3 is 5.97 Å². The highest BCUT2D eigenvalue weighted by Crippen LogP contribution is 2.41. The van der Waals surface area contributed by atoms with Crippen molar-refractivity contribution in [2.45, 2.75) is 19.3 Å². The fourth-order valence-electron chi connectivity index (χ4n) is 2.30. The van der Waals surface area contributed by atoms with E-state index in [1.807, 2.05) is 13.0 Å². The van der Waals surface area contributed by atoms with Gasteiger partial charge in [0.25, 0.3) is 0 Å². The van der Waals surface area contributed by atoms with Gasteiger partial charge < -0.3 is 25.1 Å². The third kappa shape index (κ3) is 4.01. The third-order valence-electron chi connectivity index (χ3n) is 3.52.